The summed E-state index contributed by atoms with van der Waals surface area (Å²) in [4.78, 5) is 23.4. The highest BCUT2D eigenvalue weighted by atomic mass is 16.5. The summed E-state index contributed by atoms with van der Waals surface area (Å²) in [6.07, 6.45) is 1.87. The first kappa shape index (κ1) is 15.8. The summed E-state index contributed by atoms with van der Waals surface area (Å²) in [6, 6.07) is 3.36. The molecule has 0 aromatic heterocycles. The Kier molecular flexibility index (Phi) is 3.82. The molecular weight excluding hydrogens is 296 g/mol. The van der Waals surface area contributed by atoms with Crippen LogP contribution in [0.5, 0.6) is 11.5 Å². The Balaban J connectivity index is 2.04. The Labute approximate surface area is 135 Å². The van der Waals surface area contributed by atoms with Crippen LogP contribution < -0.4 is 4.74 Å². The van der Waals surface area contributed by atoms with Crippen molar-refractivity contribution in [2.75, 3.05) is 7.11 Å². The van der Waals surface area contributed by atoms with E-state index in [-0.39, 0.29) is 35.8 Å². The standard InChI is InChI=1S/C18H22O5/c1-18(2)13-5-4-11(19)9-12(13)17-14(20)6-10(7-15(17)23-18)8-16(21)22-3/h6-7,12-13,20H,4-5,8-9H2,1-3H3/t12-,13-/m1/s1. The van der Waals surface area contributed by atoms with E-state index in [0.717, 1.165) is 6.42 Å². The number of hydrogen-bond donors (Lipinski definition) is 1. The number of benzene rings is 1. The average molecular weight is 318 g/mol. The number of esters is 1. The first-order valence-corrected chi connectivity index (χ1v) is 7.95. The molecule has 2 aliphatic rings. The summed E-state index contributed by atoms with van der Waals surface area (Å²) in [7, 11) is 1.33. The number of rotatable bonds is 2. The highest BCUT2D eigenvalue weighted by molar-refractivity contribution is 5.81. The molecule has 0 spiro atoms. The second kappa shape index (κ2) is 5.55. The summed E-state index contributed by atoms with van der Waals surface area (Å²) in [6.45, 7) is 4.04. The van der Waals surface area contributed by atoms with Crippen molar-refractivity contribution in [3.8, 4) is 11.5 Å². The second-order valence-corrected chi connectivity index (χ2v) is 6.98. The minimum Gasteiger partial charge on any atom is -0.508 e. The molecule has 23 heavy (non-hydrogen) atoms. The predicted octanol–water partition coefficient (Wildman–Crippen LogP) is 2.73. The number of fused-ring (bicyclic) bond motifs is 3. The molecule has 1 fully saturated rings. The molecule has 1 saturated carbocycles. The Morgan fingerprint density at radius 2 is 2.17 bits per heavy atom. The minimum absolute atomic E-state index is 0.0258. The third-order valence-electron chi connectivity index (χ3n) is 5.06. The van der Waals surface area contributed by atoms with Crippen LogP contribution in [0.3, 0.4) is 0 Å². The van der Waals surface area contributed by atoms with Gasteiger partial charge in [-0.1, -0.05) is 0 Å². The van der Waals surface area contributed by atoms with Gasteiger partial charge in [0.15, 0.2) is 0 Å². The van der Waals surface area contributed by atoms with Crippen molar-refractivity contribution in [3.05, 3.63) is 23.3 Å². The zero-order chi connectivity index (χ0) is 16.8. The van der Waals surface area contributed by atoms with Crippen LogP contribution in [-0.4, -0.2) is 29.6 Å². The lowest BCUT2D eigenvalue weighted by Crippen LogP contribution is -2.47. The molecule has 2 atom stereocenters. The molecule has 1 aromatic carbocycles. The van der Waals surface area contributed by atoms with Crippen molar-refractivity contribution in [1.82, 2.24) is 0 Å². The molecule has 5 heteroatoms. The summed E-state index contributed by atoms with van der Waals surface area (Å²) in [5.74, 6) is 0.705. The summed E-state index contributed by atoms with van der Waals surface area (Å²) in [5, 5.41) is 10.5. The number of carbonyl (C=O) groups is 2. The van der Waals surface area contributed by atoms with E-state index < -0.39 is 5.60 Å². The van der Waals surface area contributed by atoms with Gasteiger partial charge in [0.05, 0.1) is 13.5 Å². The lowest BCUT2D eigenvalue weighted by molar-refractivity contribution is -0.139. The lowest BCUT2D eigenvalue weighted by Gasteiger charge is -2.47. The van der Waals surface area contributed by atoms with E-state index in [1.54, 1.807) is 12.1 Å². The van der Waals surface area contributed by atoms with Crippen LogP contribution in [-0.2, 0) is 20.7 Å². The van der Waals surface area contributed by atoms with Crippen LogP contribution in [0.1, 0.15) is 50.2 Å². The molecule has 1 aromatic rings. The monoisotopic (exact) mass is 318 g/mol. The number of phenolic OH excluding ortho intramolecular Hbond substituents is 1. The number of methoxy groups -OCH3 is 1. The molecule has 0 unspecified atom stereocenters. The molecule has 0 saturated heterocycles. The number of ketones is 1. The van der Waals surface area contributed by atoms with E-state index >= 15 is 0 Å². The van der Waals surface area contributed by atoms with E-state index in [1.165, 1.54) is 7.11 Å². The van der Waals surface area contributed by atoms with E-state index in [9.17, 15) is 14.7 Å². The molecule has 0 radical (unpaired) electrons. The fourth-order valence-corrected chi connectivity index (χ4v) is 3.97. The Bertz CT molecular complexity index is 662. The van der Waals surface area contributed by atoms with Crippen molar-refractivity contribution < 1.29 is 24.2 Å². The summed E-state index contributed by atoms with van der Waals surface area (Å²) in [5.41, 5.74) is 0.940. The van der Waals surface area contributed by atoms with Gasteiger partial charge >= 0.3 is 5.97 Å². The topological polar surface area (TPSA) is 72.8 Å². The molecule has 5 nitrogen and oxygen atoms in total. The van der Waals surface area contributed by atoms with Gasteiger partial charge in [-0.15, -0.1) is 0 Å². The van der Waals surface area contributed by atoms with Crippen molar-refractivity contribution in [3.63, 3.8) is 0 Å². The fraction of sp³-hybridized carbons (Fsp3) is 0.556. The maximum atomic E-state index is 11.9. The Hall–Kier alpha value is -2.04. The zero-order valence-electron chi connectivity index (χ0n) is 13.7. The van der Waals surface area contributed by atoms with Gasteiger partial charge in [-0.05, 0) is 38.0 Å². The van der Waals surface area contributed by atoms with Gasteiger partial charge in [0.2, 0.25) is 0 Å². The first-order valence-electron chi connectivity index (χ1n) is 7.95. The van der Waals surface area contributed by atoms with E-state index in [4.69, 9.17) is 4.74 Å². The van der Waals surface area contributed by atoms with Crippen molar-refractivity contribution >= 4 is 11.8 Å². The molecule has 124 valence electrons. The molecule has 1 N–H and O–H groups in total. The van der Waals surface area contributed by atoms with Gasteiger partial charge < -0.3 is 14.6 Å². The van der Waals surface area contributed by atoms with Gasteiger partial charge in [0.1, 0.15) is 22.9 Å². The molecule has 0 amide bonds. The van der Waals surface area contributed by atoms with E-state index in [2.05, 4.69) is 4.74 Å². The average Bonchev–Trinajstić information content (AvgIpc) is 2.45. The maximum absolute atomic E-state index is 11.9. The summed E-state index contributed by atoms with van der Waals surface area (Å²) >= 11 is 0. The number of aromatic hydroxyl groups is 1. The fourth-order valence-electron chi connectivity index (χ4n) is 3.97. The van der Waals surface area contributed by atoms with Gasteiger partial charge in [0.25, 0.3) is 0 Å². The number of ether oxygens (including phenoxy) is 2. The van der Waals surface area contributed by atoms with Gasteiger partial charge in [0, 0.05) is 30.2 Å². The molecule has 0 bridgehead atoms. The van der Waals surface area contributed by atoms with Crippen LogP contribution in [0.4, 0.5) is 0 Å². The van der Waals surface area contributed by atoms with Crippen LogP contribution in [0.2, 0.25) is 0 Å². The third kappa shape index (κ3) is 2.80. The molecule has 1 aliphatic carbocycles. The largest absolute Gasteiger partial charge is 0.508 e. The van der Waals surface area contributed by atoms with Gasteiger partial charge in [-0.25, -0.2) is 0 Å². The molecular formula is C18H22O5. The molecule has 1 heterocycles. The van der Waals surface area contributed by atoms with Crippen molar-refractivity contribution in [1.29, 1.82) is 0 Å². The number of phenols is 1. The van der Waals surface area contributed by atoms with Crippen molar-refractivity contribution in [2.24, 2.45) is 5.92 Å². The number of Topliss-reactive ketones (excluding diaryl/α,β-unsaturated/α-hetero) is 1. The lowest BCUT2D eigenvalue weighted by atomic mass is 9.66. The van der Waals surface area contributed by atoms with Crippen LogP contribution in [0, 0.1) is 5.92 Å². The Morgan fingerprint density at radius 1 is 1.43 bits per heavy atom. The normalized spacial score (nSPS) is 25.1. The van der Waals surface area contributed by atoms with Gasteiger partial charge in [-0.2, -0.15) is 0 Å². The van der Waals surface area contributed by atoms with Crippen LogP contribution in [0.25, 0.3) is 0 Å². The quantitative estimate of drug-likeness (QED) is 0.849. The maximum Gasteiger partial charge on any atom is 0.309 e. The zero-order valence-corrected chi connectivity index (χ0v) is 13.7. The minimum atomic E-state index is -0.408. The second-order valence-electron chi connectivity index (χ2n) is 6.98. The Morgan fingerprint density at radius 3 is 2.87 bits per heavy atom. The molecule has 1 aliphatic heterocycles. The van der Waals surface area contributed by atoms with E-state index in [1.807, 2.05) is 13.8 Å². The predicted molar refractivity (Wildman–Crippen MR) is 83.6 cm³/mol. The van der Waals surface area contributed by atoms with Crippen molar-refractivity contribution in [2.45, 2.75) is 51.0 Å². The SMILES string of the molecule is COC(=O)Cc1cc(O)c2c(c1)OC(C)(C)[C@@H]1CCC(=O)C[C@@H]21. The van der Waals surface area contributed by atoms with E-state index in [0.29, 0.717) is 29.7 Å². The summed E-state index contributed by atoms with van der Waals surface area (Å²) < 4.78 is 10.8. The van der Waals surface area contributed by atoms with Crippen LogP contribution in [0.15, 0.2) is 12.1 Å². The van der Waals surface area contributed by atoms with Gasteiger partial charge in [-0.3, -0.25) is 9.59 Å². The highest BCUT2D eigenvalue weighted by Gasteiger charge is 2.47. The first-order chi connectivity index (χ1) is 10.8. The number of carbonyl (C=O) groups excluding carboxylic acids is 2. The third-order valence-corrected chi connectivity index (χ3v) is 5.06. The molecule has 3 rings (SSSR count). The van der Waals surface area contributed by atoms with Crippen LogP contribution >= 0.6 is 0 Å². The highest BCUT2D eigenvalue weighted by Crippen LogP contribution is 2.53. The number of hydrogen-bond acceptors (Lipinski definition) is 5. The smallest absolute Gasteiger partial charge is 0.309 e.